The molecule has 0 bridgehead atoms. The first-order chi connectivity index (χ1) is 8.66. The van der Waals surface area contributed by atoms with Gasteiger partial charge in [-0.15, -0.1) is 0 Å². The van der Waals surface area contributed by atoms with Crippen molar-refractivity contribution in [2.75, 3.05) is 5.32 Å². The third-order valence-corrected chi connectivity index (χ3v) is 2.90. The summed E-state index contributed by atoms with van der Waals surface area (Å²) in [6.07, 6.45) is 3.05. The van der Waals surface area contributed by atoms with Gasteiger partial charge in [0, 0.05) is 28.5 Å². The predicted octanol–water partition coefficient (Wildman–Crippen LogP) is -1.42. The molecule has 1 atom stereocenters. The topological polar surface area (TPSA) is 82.1 Å². The fourth-order valence-electron chi connectivity index (χ4n) is 1.36. The van der Waals surface area contributed by atoms with E-state index in [0.29, 0.717) is 11.3 Å². The second-order valence-corrected chi connectivity index (χ2v) is 4.39. The molecule has 0 spiro atoms. The summed E-state index contributed by atoms with van der Waals surface area (Å²) in [5.74, 6) is -0.270. The van der Waals surface area contributed by atoms with Crippen LogP contribution in [0.5, 0.6) is 0 Å². The van der Waals surface area contributed by atoms with Gasteiger partial charge >= 0.3 is 29.6 Å². The number of anilines is 1. The van der Waals surface area contributed by atoms with Crippen LogP contribution in [0.4, 0.5) is 5.69 Å². The molecule has 1 aromatic carbocycles. The molecule has 0 aliphatic carbocycles. The van der Waals surface area contributed by atoms with Crippen LogP contribution < -0.4 is 34.9 Å². The third-order valence-electron chi connectivity index (χ3n) is 2.25. The SMILES string of the molecule is O=C(Nc1ccc(S(=O)[O-])cc1)c1ccncc1.[Na+]. The van der Waals surface area contributed by atoms with Crippen molar-refractivity contribution in [3.05, 3.63) is 54.4 Å². The molecule has 92 valence electrons. The monoisotopic (exact) mass is 284 g/mol. The largest absolute Gasteiger partial charge is 1.00 e. The Morgan fingerprint density at radius 2 is 1.68 bits per heavy atom. The van der Waals surface area contributed by atoms with Gasteiger partial charge in [-0.2, -0.15) is 0 Å². The summed E-state index contributed by atoms with van der Waals surface area (Å²) in [5.41, 5.74) is 1.02. The Balaban J connectivity index is 0.00000180. The summed E-state index contributed by atoms with van der Waals surface area (Å²) < 4.78 is 21.3. The van der Waals surface area contributed by atoms with Crippen molar-refractivity contribution in [2.45, 2.75) is 4.90 Å². The Hall–Kier alpha value is -1.05. The van der Waals surface area contributed by atoms with Crippen LogP contribution in [0.15, 0.2) is 53.7 Å². The molecule has 5 nitrogen and oxygen atoms in total. The first-order valence-corrected chi connectivity index (χ1v) is 6.15. The number of nitrogens with one attached hydrogen (secondary N) is 1. The molecular weight excluding hydrogens is 275 g/mol. The smallest absolute Gasteiger partial charge is 0.768 e. The van der Waals surface area contributed by atoms with E-state index in [1.807, 2.05) is 0 Å². The summed E-state index contributed by atoms with van der Waals surface area (Å²) in [6.45, 7) is 0. The Labute approximate surface area is 135 Å². The van der Waals surface area contributed by atoms with Crippen molar-refractivity contribution in [1.82, 2.24) is 4.98 Å². The zero-order chi connectivity index (χ0) is 13.0. The van der Waals surface area contributed by atoms with E-state index in [2.05, 4.69) is 10.3 Å². The van der Waals surface area contributed by atoms with Crippen LogP contribution in [0.1, 0.15) is 10.4 Å². The van der Waals surface area contributed by atoms with Crippen LogP contribution in [-0.2, 0) is 11.1 Å². The maximum Gasteiger partial charge on any atom is 1.00 e. The van der Waals surface area contributed by atoms with Crippen molar-refractivity contribution in [3.63, 3.8) is 0 Å². The molecule has 0 fully saturated rings. The molecule has 1 aromatic heterocycles. The Morgan fingerprint density at radius 1 is 1.11 bits per heavy atom. The van der Waals surface area contributed by atoms with Crippen molar-refractivity contribution in [1.29, 1.82) is 0 Å². The van der Waals surface area contributed by atoms with E-state index in [9.17, 15) is 13.6 Å². The van der Waals surface area contributed by atoms with Crippen LogP contribution in [0.3, 0.4) is 0 Å². The normalized spacial score (nSPS) is 11.2. The molecule has 7 heteroatoms. The van der Waals surface area contributed by atoms with Crippen molar-refractivity contribution in [2.24, 2.45) is 0 Å². The molecular formula is C12H9N2NaO3S. The van der Waals surface area contributed by atoms with Gasteiger partial charge in [-0.05, 0) is 47.5 Å². The fraction of sp³-hybridized carbons (Fsp3) is 0. The Morgan fingerprint density at radius 3 is 2.21 bits per heavy atom. The zero-order valence-electron chi connectivity index (χ0n) is 10.2. The van der Waals surface area contributed by atoms with E-state index in [-0.39, 0.29) is 40.4 Å². The maximum atomic E-state index is 11.8. The first-order valence-electron chi connectivity index (χ1n) is 5.07. The third kappa shape index (κ3) is 4.52. The van der Waals surface area contributed by atoms with Crippen molar-refractivity contribution in [3.8, 4) is 0 Å². The number of carbonyl (C=O) groups excluding carboxylic acids is 1. The minimum absolute atomic E-state index is 0. The van der Waals surface area contributed by atoms with Crippen LogP contribution in [0, 0.1) is 0 Å². The van der Waals surface area contributed by atoms with E-state index < -0.39 is 11.1 Å². The van der Waals surface area contributed by atoms with Gasteiger partial charge < -0.3 is 9.87 Å². The fourth-order valence-corrected chi connectivity index (χ4v) is 1.71. The summed E-state index contributed by atoms with van der Waals surface area (Å²) in [7, 11) is 0. The van der Waals surface area contributed by atoms with Gasteiger partial charge in [0.05, 0.1) is 0 Å². The summed E-state index contributed by atoms with van der Waals surface area (Å²) in [6, 6.07) is 9.10. The van der Waals surface area contributed by atoms with Gasteiger partial charge in [-0.25, -0.2) is 0 Å². The molecule has 0 aliphatic heterocycles. The van der Waals surface area contributed by atoms with Crippen LogP contribution >= 0.6 is 0 Å². The number of pyridine rings is 1. The molecule has 2 rings (SSSR count). The number of nitrogens with zero attached hydrogens (tertiary/aromatic N) is 1. The average Bonchev–Trinajstić information content (AvgIpc) is 2.40. The molecule has 1 heterocycles. The molecule has 1 amide bonds. The van der Waals surface area contributed by atoms with E-state index in [1.54, 1.807) is 12.1 Å². The van der Waals surface area contributed by atoms with E-state index in [0.717, 1.165) is 0 Å². The Bertz CT molecular complexity index is 575. The van der Waals surface area contributed by atoms with Gasteiger partial charge in [0.2, 0.25) is 0 Å². The molecule has 1 N–H and O–H groups in total. The van der Waals surface area contributed by atoms with Gasteiger partial charge in [0.1, 0.15) is 0 Å². The van der Waals surface area contributed by atoms with Crippen LogP contribution in [-0.4, -0.2) is 19.7 Å². The molecule has 0 saturated carbocycles. The van der Waals surface area contributed by atoms with E-state index in [4.69, 9.17) is 0 Å². The average molecular weight is 284 g/mol. The number of aromatic nitrogens is 1. The van der Waals surface area contributed by atoms with Gasteiger partial charge in [0.15, 0.2) is 0 Å². The van der Waals surface area contributed by atoms with Gasteiger partial charge in [-0.1, -0.05) is 0 Å². The second-order valence-electron chi connectivity index (χ2n) is 3.45. The maximum absolute atomic E-state index is 11.8. The van der Waals surface area contributed by atoms with Crippen molar-refractivity contribution >= 4 is 22.7 Å². The molecule has 0 saturated heterocycles. The quantitative estimate of drug-likeness (QED) is 0.554. The predicted molar refractivity (Wildman–Crippen MR) is 65.8 cm³/mol. The van der Waals surface area contributed by atoms with Crippen LogP contribution in [0.25, 0.3) is 0 Å². The van der Waals surface area contributed by atoms with E-state index >= 15 is 0 Å². The van der Waals surface area contributed by atoms with Crippen molar-refractivity contribution < 1.29 is 43.1 Å². The molecule has 0 radical (unpaired) electrons. The number of benzene rings is 1. The van der Waals surface area contributed by atoms with E-state index in [1.165, 1.54) is 36.7 Å². The number of hydrogen-bond acceptors (Lipinski definition) is 4. The minimum Gasteiger partial charge on any atom is -0.768 e. The molecule has 1 unspecified atom stereocenters. The summed E-state index contributed by atoms with van der Waals surface area (Å²) in [4.78, 5) is 15.8. The number of hydrogen-bond donors (Lipinski definition) is 1. The molecule has 2 aromatic rings. The summed E-state index contributed by atoms with van der Waals surface area (Å²) in [5, 5.41) is 2.66. The molecule has 19 heavy (non-hydrogen) atoms. The van der Waals surface area contributed by atoms with Gasteiger partial charge in [0.25, 0.3) is 5.91 Å². The number of carbonyl (C=O) groups is 1. The minimum atomic E-state index is -2.26. The summed E-state index contributed by atoms with van der Waals surface area (Å²) >= 11 is -2.26. The second kappa shape index (κ2) is 7.52. The zero-order valence-corrected chi connectivity index (χ0v) is 13.0. The van der Waals surface area contributed by atoms with Crippen LogP contribution in [0.2, 0.25) is 0 Å². The number of amides is 1. The Kier molecular flexibility index (Phi) is 6.33. The molecule has 0 aliphatic rings. The first kappa shape index (κ1) is 16.0. The standard InChI is InChI=1S/C12H10N2O3S.Na/c15-12(9-5-7-13-8-6-9)14-10-1-3-11(4-2-10)18(16)17;/h1-8H,(H,14,15)(H,16,17);/q;+1/p-1. The number of rotatable bonds is 3. The van der Waals surface area contributed by atoms with Gasteiger partial charge in [-0.3, -0.25) is 14.0 Å².